The molecule has 1 amide bonds. The van der Waals surface area contributed by atoms with E-state index < -0.39 is 0 Å². The molecule has 1 aliphatic carbocycles. The van der Waals surface area contributed by atoms with Crippen LogP contribution in [0.25, 0.3) is 0 Å². The van der Waals surface area contributed by atoms with Crippen molar-refractivity contribution in [3.63, 3.8) is 0 Å². The van der Waals surface area contributed by atoms with Gasteiger partial charge in [0.15, 0.2) is 11.5 Å². The molecule has 1 saturated carbocycles. The Kier molecular flexibility index (Phi) is 8.88. The predicted molar refractivity (Wildman–Crippen MR) is 109 cm³/mol. The first-order chi connectivity index (χ1) is 12.2. The summed E-state index contributed by atoms with van der Waals surface area (Å²) in [6.45, 7) is 1.51. The first-order valence-electron chi connectivity index (χ1n) is 9.16. The number of carbonyl (C=O) groups is 1. The number of hydrogen-bond acceptors (Lipinski definition) is 5. The Morgan fingerprint density at radius 2 is 2.12 bits per heavy atom. The fourth-order valence-electron chi connectivity index (χ4n) is 3.36. The summed E-state index contributed by atoms with van der Waals surface area (Å²) in [5, 5.41) is 6.41. The first-order valence-corrected chi connectivity index (χ1v) is 10.3. The maximum Gasteiger partial charge on any atom is 0.221 e. The molecule has 26 heavy (non-hydrogen) atoms. The zero-order valence-corrected chi connectivity index (χ0v) is 16.9. The molecule has 1 unspecified atom stereocenters. The van der Waals surface area contributed by atoms with Gasteiger partial charge in [-0.2, -0.15) is 11.8 Å². The molecule has 1 saturated heterocycles. The number of methoxy groups -OCH3 is 1. The third kappa shape index (κ3) is 6.25. The molecular weight excluding hydrogens is 372 g/mol. The quantitative estimate of drug-likeness (QED) is 0.736. The highest BCUT2D eigenvalue weighted by molar-refractivity contribution is 7.99. The Bertz CT molecular complexity index is 576. The van der Waals surface area contributed by atoms with Crippen LogP contribution in [0.1, 0.15) is 37.7 Å². The highest BCUT2D eigenvalue weighted by Crippen LogP contribution is 2.32. The second-order valence-corrected chi connectivity index (χ2v) is 7.87. The highest BCUT2D eigenvalue weighted by Gasteiger charge is 2.19. The molecule has 5 nitrogen and oxygen atoms in total. The molecule has 0 radical (unpaired) electrons. The van der Waals surface area contributed by atoms with Crippen molar-refractivity contribution in [2.75, 3.05) is 25.2 Å². The van der Waals surface area contributed by atoms with Crippen LogP contribution < -0.4 is 20.1 Å². The second-order valence-electron chi connectivity index (χ2n) is 6.72. The number of hydrogen-bond donors (Lipinski definition) is 2. The average Bonchev–Trinajstić information content (AvgIpc) is 3.14. The maximum atomic E-state index is 12.2. The van der Waals surface area contributed by atoms with Gasteiger partial charge in [0.1, 0.15) is 0 Å². The van der Waals surface area contributed by atoms with E-state index in [0.717, 1.165) is 48.0 Å². The van der Waals surface area contributed by atoms with Crippen LogP contribution in [0.3, 0.4) is 0 Å². The summed E-state index contributed by atoms with van der Waals surface area (Å²) in [6.07, 6.45) is 5.50. The molecule has 146 valence electrons. The minimum absolute atomic E-state index is 0. The van der Waals surface area contributed by atoms with Crippen LogP contribution in [0.4, 0.5) is 0 Å². The van der Waals surface area contributed by atoms with Crippen LogP contribution in [-0.4, -0.2) is 43.2 Å². The molecule has 2 fully saturated rings. The minimum Gasteiger partial charge on any atom is -0.493 e. The van der Waals surface area contributed by atoms with E-state index in [1.807, 2.05) is 30.0 Å². The monoisotopic (exact) mass is 400 g/mol. The van der Waals surface area contributed by atoms with Crippen LogP contribution >= 0.6 is 24.2 Å². The normalized spacial score (nSPS) is 20.3. The van der Waals surface area contributed by atoms with Gasteiger partial charge in [-0.3, -0.25) is 4.79 Å². The number of thioether (sulfide) groups is 1. The lowest BCUT2D eigenvalue weighted by Gasteiger charge is -2.22. The molecule has 1 atom stereocenters. The van der Waals surface area contributed by atoms with Gasteiger partial charge in [-0.15, -0.1) is 12.4 Å². The molecule has 2 N–H and O–H groups in total. The summed E-state index contributed by atoms with van der Waals surface area (Å²) in [5.41, 5.74) is 1.04. The van der Waals surface area contributed by atoms with E-state index in [4.69, 9.17) is 9.47 Å². The molecule has 0 spiro atoms. The number of amides is 1. The van der Waals surface area contributed by atoms with Gasteiger partial charge in [0.2, 0.25) is 5.91 Å². The number of halogens is 1. The van der Waals surface area contributed by atoms with Gasteiger partial charge in [-0.1, -0.05) is 6.07 Å². The third-order valence-corrected chi connectivity index (χ3v) is 5.87. The SMILES string of the molecule is COc1ccc(CNC(=O)CC2CSCCN2)cc1OC1CCCC1.Cl. The molecule has 1 aromatic rings. The minimum atomic E-state index is 0. The smallest absolute Gasteiger partial charge is 0.221 e. The largest absolute Gasteiger partial charge is 0.493 e. The zero-order valence-electron chi connectivity index (χ0n) is 15.3. The van der Waals surface area contributed by atoms with Gasteiger partial charge in [-0.25, -0.2) is 0 Å². The van der Waals surface area contributed by atoms with Crippen molar-refractivity contribution in [2.24, 2.45) is 0 Å². The number of benzene rings is 1. The molecular formula is C19H29ClN2O3S. The summed E-state index contributed by atoms with van der Waals surface area (Å²) in [5.74, 6) is 3.77. The van der Waals surface area contributed by atoms with Crippen molar-refractivity contribution in [3.05, 3.63) is 23.8 Å². The summed E-state index contributed by atoms with van der Waals surface area (Å²) < 4.78 is 11.5. The Labute approximate surface area is 166 Å². The number of ether oxygens (including phenoxy) is 2. The van der Waals surface area contributed by atoms with Crippen LogP contribution in [0, 0.1) is 0 Å². The third-order valence-electron chi connectivity index (χ3n) is 4.74. The average molecular weight is 401 g/mol. The summed E-state index contributed by atoms with van der Waals surface area (Å²) >= 11 is 1.91. The molecule has 0 bridgehead atoms. The van der Waals surface area contributed by atoms with Gasteiger partial charge >= 0.3 is 0 Å². The van der Waals surface area contributed by atoms with E-state index >= 15 is 0 Å². The van der Waals surface area contributed by atoms with Crippen molar-refractivity contribution < 1.29 is 14.3 Å². The fourth-order valence-corrected chi connectivity index (χ4v) is 4.31. The van der Waals surface area contributed by atoms with E-state index in [1.165, 1.54) is 12.8 Å². The summed E-state index contributed by atoms with van der Waals surface area (Å²) in [4.78, 5) is 12.2. The molecule has 7 heteroatoms. The lowest BCUT2D eigenvalue weighted by molar-refractivity contribution is -0.121. The van der Waals surface area contributed by atoms with Crippen molar-refractivity contribution in [1.82, 2.24) is 10.6 Å². The van der Waals surface area contributed by atoms with Crippen LogP contribution in [-0.2, 0) is 11.3 Å². The molecule has 3 rings (SSSR count). The maximum absolute atomic E-state index is 12.2. The van der Waals surface area contributed by atoms with Crippen LogP contribution in [0.5, 0.6) is 11.5 Å². The van der Waals surface area contributed by atoms with E-state index in [1.54, 1.807) is 7.11 Å². The number of rotatable bonds is 7. The van der Waals surface area contributed by atoms with Gasteiger partial charge in [0.05, 0.1) is 13.2 Å². The van der Waals surface area contributed by atoms with Crippen molar-refractivity contribution in [3.8, 4) is 11.5 Å². The fraction of sp³-hybridized carbons (Fsp3) is 0.632. The molecule has 2 aliphatic rings. The van der Waals surface area contributed by atoms with E-state index in [9.17, 15) is 4.79 Å². The lowest BCUT2D eigenvalue weighted by Crippen LogP contribution is -2.41. The number of nitrogens with one attached hydrogen (secondary N) is 2. The lowest BCUT2D eigenvalue weighted by atomic mass is 10.1. The van der Waals surface area contributed by atoms with Gasteiger partial charge in [0, 0.05) is 37.1 Å². The van der Waals surface area contributed by atoms with Crippen molar-refractivity contribution in [1.29, 1.82) is 0 Å². The van der Waals surface area contributed by atoms with Crippen molar-refractivity contribution in [2.45, 2.75) is 50.8 Å². The Balaban J connectivity index is 0.00000243. The van der Waals surface area contributed by atoms with Gasteiger partial charge < -0.3 is 20.1 Å². The van der Waals surface area contributed by atoms with E-state index in [2.05, 4.69) is 10.6 Å². The first kappa shape index (κ1) is 21.2. The molecule has 1 aliphatic heterocycles. The van der Waals surface area contributed by atoms with Crippen LogP contribution in [0.2, 0.25) is 0 Å². The van der Waals surface area contributed by atoms with Gasteiger partial charge in [-0.05, 0) is 43.4 Å². The predicted octanol–water partition coefficient (Wildman–Crippen LogP) is 3.15. The van der Waals surface area contributed by atoms with Gasteiger partial charge in [0.25, 0.3) is 0 Å². The standard InChI is InChI=1S/C19H28N2O3S.ClH/c1-23-17-7-6-14(10-18(17)24-16-4-2-3-5-16)12-21-19(22)11-15-13-25-9-8-20-15;/h6-7,10,15-16,20H,2-5,8-9,11-13H2,1H3,(H,21,22);1H. The summed E-state index contributed by atoms with van der Waals surface area (Å²) in [6, 6.07) is 6.18. The Hall–Kier alpha value is -1.11. The number of carbonyl (C=O) groups excluding carboxylic acids is 1. The van der Waals surface area contributed by atoms with Crippen molar-refractivity contribution >= 4 is 30.1 Å². The van der Waals surface area contributed by atoms with E-state index in [-0.39, 0.29) is 30.5 Å². The van der Waals surface area contributed by atoms with E-state index in [0.29, 0.717) is 13.0 Å². The Morgan fingerprint density at radius 1 is 1.31 bits per heavy atom. The highest BCUT2D eigenvalue weighted by atomic mass is 35.5. The summed E-state index contributed by atoms with van der Waals surface area (Å²) in [7, 11) is 1.66. The Morgan fingerprint density at radius 3 is 2.81 bits per heavy atom. The molecule has 0 aromatic heterocycles. The second kappa shape index (κ2) is 10.9. The zero-order chi connectivity index (χ0) is 17.5. The topological polar surface area (TPSA) is 59.6 Å². The molecule has 1 heterocycles. The molecule has 1 aromatic carbocycles. The van der Waals surface area contributed by atoms with Crippen LogP contribution in [0.15, 0.2) is 18.2 Å².